The van der Waals surface area contributed by atoms with Gasteiger partial charge in [0.25, 0.3) is 0 Å². The van der Waals surface area contributed by atoms with Crippen LogP contribution in [0.5, 0.6) is 0 Å². The molecule has 0 aromatic carbocycles. The summed E-state index contributed by atoms with van der Waals surface area (Å²) < 4.78 is 1.09. The monoisotopic (exact) mass is 187 g/mol. The molecule has 0 saturated carbocycles. The highest BCUT2D eigenvalue weighted by Gasteiger charge is 2.23. The van der Waals surface area contributed by atoms with Crippen molar-refractivity contribution >= 4 is 17.3 Å². The Labute approximate surface area is 72.9 Å². The second kappa shape index (κ2) is 3.27. The third kappa shape index (κ3) is 1.51. The van der Waals surface area contributed by atoms with E-state index in [9.17, 15) is 10.1 Å². The molecule has 0 spiro atoms. The van der Waals surface area contributed by atoms with Gasteiger partial charge in [-0.1, -0.05) is 0 Å². The standard InChI is InChI=1S/C5H9N5O3/c6-4-3(10(12)13)5(7)9(8-4)1-2-11/h11H,1-2,7H2,(H2,6,8). The smallest absolute Gasteiger partial charge is 0.354 e. The summed E-state index contributed by atoms with van der Waals surface area (Å²) in [6.07, 6.45) is 0. The number of nitro groups is 1. The first-order chi connectivity index (χ1) is 6.07. The SMILES string of the molecule is Nc1nn(CCO)c(N)c1[N+](=O)[O-]. The molecular weight excluding hydrogens is 178 g/mol. The zero-order valence-corrected chi connectivity index (χ0v) is 6.67. The van der Waals surface area contributed by atoms with E-state index in [2.05, 4.69) is 5.10 Å². The Morgan fingerprint density at radius 2 is 2.23 bits per heavy atom. The molecule has 5 N–H and O–H groups in total. The number of aromatic nitrogens is 2. The summed E-state index contributed by atoms with van der Waals surface area (Å²) in [7, 11) is 0. The second-order valence-electron chi connectivity index (χ2n) is 2.32. The number of aliphatic hydroxyl groups is 1. The normalized spacial score (nSPS) is 10.2. The topological polar surface area (TPSA) is 133 Å². The number of rotatable bonds is 3. The van der Waals surface area contributed by atoms with Crippen LogP contribution in [-0.4, -0.2) is 26.4 Å². The molecular formula is C5H9N5O3. The lowest BCUT2D eigenvalue weighted by atomic mass is 10.5. The van der Waals surface area contributed by atoms with Crippen LogP contribution >= 0.6 is 0 Å². The van der Waals surface area contributed by atoms with Crippen molar-refractivity contribution in [3.63, 3.8) is 0 Å². The number of hydrogen-bond acceptors (Lipinski definition) is 6. The fourth-order valence-electron chi connectivity index (χ4n) is 0.937. The summed E-state index contributed by atoms with van der Waals surface area (Å²) in [4.78, 5) is 9.69. The number of nitrogens with two attached hydrogens (primary N) is 2. The first kappa shape index (κ1) is 9.26. The van der Waals surface area contributed by atoms with E-state index in [0.29, 0.717) is 0 Å². The van der Waals surface area contributed by atoms with Crippen LogP contribution in [0, 0.1) is 10.1 Å². The van der Waals surface area contributed by atoms with Gasteiger partial charge in [-0.05, 0) is 0 Å². The van der Waals surface area contributed by atoms with Crippen molar-refractivity contribution in [3.05, 3.63) is 10.1 Å². The molecule has 8 heteroatoms. The van der Waals surface area contributed by atoms with Gasteiger partial charge in [-0.2, -0.15) is 0 Å². The molecule has 0 aliphatic heterocycles. The maximum absolute atomic E-state index is 10.4. The van der Waals surface area contributed by atoms with Gasteiger partial charge in [0.2, 0.25) is 11.6 Å². The number of nitrogen functional groups attached to an aromatic ring is 2. The quantitative estimate of drug-likeness (QED) is 0.408. The van der Waals surface area contributed by atoms with Crippen molar-refractivity contribution in [2.75, 3.05) is 18.1 Å². The van der Waals surface area contributed by atoms with Gasteiger partial charge >= 0.3 is 5.69 Å². The maximum Gasteiger partial charge on any atom is 0.354 e. The van der Waals surface area contributed by atoms with E-state index in [1.807, 2.05) is 0 Å². The largest absolute Gasteiger partial charge is 0.394 e. The van der Waals surface area contributed by atoms with E-state index in [1.165, 1.54) is 0 Å². The summed E-state index contributed by atoms with van der Waals surface area (Å²) in [5, 5.41) is 22.5. The first-order valence-corrected chi connectivity index (χ1v) is 3.45. The van der Waals surface area contributed by atoms with E-state index in [-0.39, 0.29) is 24.8 Å². The molecule has 13 heavy (non-hydrogen) atoms. The van der Waals surface area contributed by atoms with E-state index in [0.717, 1.165) is 4.68 Å². The molecule has 1 aromatic rings. The molecule has 0 amide bonds. The molecule has 0 aliphatic carbocycles. The van der Waals surface area contributed by atoms with E-state index in [4.69, 9.17) is 16.6 Å². The molecule has 1 heterocycles. The minimum Gasteiger partial charge on any atom is -0.394 e. The highest BCUT2D eigenvalue weighted by Crippen LogP contribution is 2.27. The molecule has 1 rings (SSSR count). The molecule has 0 fully saturated rings. The minimum atomic E-state index is -0.703. The Hall–Kier alpha value is -1.83. The average Bonchev–Trinajstić information content (AvgIpc) is 2.28. The van der Waals surface area contributed by atoms with Crippen molar-refractivity contribution in [3.8, 4) is 0 Å². The summed E-state index contributed by atoms with van der Waals surface area (Å²) in [5.74, 6) is -0.382. The summed E-state index contributed by atoms with van der Waals surface area (Å²) in [6, 6.07) is 0. The summed E-state index contributed by atoms with van der Waals surface area (Å²) >= 11 is 0. The van der Waals surface area contributed by atoms with Gasteiger partial charge < -0.3 is 16.6 Å². The predicted molar refractivity (Wildman–Crippen MR) is 44.8 cm³/mol. The van der Waals surface area contributed by atoms with Crippen LogP contribution < -0.4 is 11.5 Å². The van der Waals surface area contributed by atoms with Crippen molar-refractivity contribution in [2.45, 2.75) is 6.54 Å². The van der Waals surface area contributed by atoms with Crippen molar-refractivity contribution < 1.29 is 10.0 Å². The van der Waals surface area contributed by atoms with Crippen molar-refractivity contribution in [2.24, 2.45) is 0 Å². The molecule has 0 aliphatic rings. The Bertz CT molecular complexity index is 333. The highest BCUT2D eigenvalue weighted by atomic mass is 16.6. The number of aliphatic hydroxyl groups excluding tert-OH is 1. The Morgan fingerprint density at radius 1 is 1.62 bits per heavy atom. The maximum atomic E-state index is 10.4. The third-order valence-corrected chi connectivity index (χ3v) is 1.49. The Balaban J connectivity index is 3.14. The second-order valence-corrected chi connectivity index (χ2v) is 2.32. The van der Waals surface area contributed by atoms with Gasteiger partial charge in [0.05, 0.1) is 18.1 Å². The molecule has 0 radical (unpaired) electrons. The molecule has 0 saturated heterocycles. The van der Waals surface area contributed by atoms with E-state index < -0.39 is 10.6 Å². The van der Waals surface area contributed by atoms with Gasteiger partial charge in [-0.25, -0.2) is 4.68 Å². The zero-order valence-electron chi connectivity index (χ0n) is 6.67. The van der Waals surface area contributed by atoms with Crippen molar-refractivity contribution in [1.82, 2.24) is 9.78 Å². The fourth-order valence-corrected chi connectivity index (χ4v) is 0.937. The lowest BCUT2D eigenvalue weighted by Gasteiger charge is -1.97. The predicted octanol–water partition coefficient (Wildman–Crippen LogP) is -1.05. The number of nitrogens with zero attached hydrogens (tertiary/aromatic N) is 3. The molecule has 0 unspecified atom stereocenters. The molecule has 8 nitrogen and oxygen atoms in total. The van der Waals surface area contributed by atoms with Crippen molar-refractivity contribution in [1.29, 1.82) is 0 Å². The highest BCUT2D eigenvalue weighted by molar-refractivity contribution is 5.66. The van der Waals surface area contributed by atoms with Crippen LogP contribution in [0.1, 0.15) is 0 Å². The van der Waals surface area contributed by atoms with Gasteiger partial charge in [0, 0.05) is 0 Å². The van der Waals surface area contributed by atoms with E-state index >= 15 is 0 Å². The summed E-state index contributed by atoms with van der Waals surface area (Å²) in [6.45, 7) is -0.119. The van der Waals surface area contributed by atoms with Gasteiger partial charge in [-0.3, -0.25) is 10.1 Å². The van der Waals surface area contributed by atoms with Crippen LogP contribution in [0.15, 0.2) is 0 Å². The van der Waals surface area contributed by atoms with Gasteiger partial charge in [0.15, 0.2) is 0 Å². The summed E-state index contributed by atoms with van der Waals surface area (Å²) in [5.41, 5.74) is 10.2. The molecule has 1 aromatic heterocycles. The van der Waals surface area contributed by atoms with Gasteiger partial charge in [-0.15, -0.1) is 5.10 Å². The lowest BCUT2D eigenvalue weighted by molar-refractivity contribution is -0.383. The fraction of sp³-hybridized carbons (Fsp3) is 0.400. The minimum absolute atomic E-state index is 0.0872. The molecule has 72 valence electrons. The zero-order chi connectivity index (χ0) is 10.0. The van der Waals surface area contributed by atoms with Crippen LogP contribution in [0.3, 0.4) is 0 Å². The van der Waals surface area contributed by atoms with Crippen LogP contribution in [0.4, 0.5) is 17.3 Å². The Kier molecular flexibility index (Phi) is 2.33. The van der Waals surface area contributed by atoms with Gasteiger partial charge in [0.1, 0.15) is 0 Å². The van der Waals surface area contributed by atoms with Crippen LogP contribution in [0.2, 0.25) is 0 Å². The number of hydrogen-bond donors (Lipinski definition) is 3. The third-order valence-electron chi connectivity index (χ3n) is 1.49. The van der Waals surface area contributed by atoms with E-state index in [1.54, 1.807) is 0 Å². The van der Waals surface area contributed by atoms with Crippen LogP contribution in [-0.2, 0) is 6.54 Å². The Morgan fingerprint density at radius 3 is 2.62 bits per heavy atom. The first-order valence-electron chi connectivity index (χ1n) is 3.45. The number of anilines is 2. The average molecular weight is 187 g/mol. The lowest BCUT2D eigenvalue weighted by Crippen LogP contribution is -2.08. The molecule has 0 atom stereocenters. The molecule has 0 bridgehead atoms. The van der Waals surface area contributed by atoms with Crippen LogP contribution in [0.25, 0.3) is 0 Å².